The van der Waals surface area contributed by atoms with E-state index >= 15 is 0 Å². The van der Waals surface area contributed by atoms with Crippen molar-refractivity contribution in [2.75, 3.05) is 0 Å². The first-order chi connectivity index (χ1) is 12.2. The fraction of sp³-hybridized carbons (Fsp3) is 0.200. The van der Waals surface area contributed by atoms with E-state index in [1.807, 2.05) is 18.3 Å². The Bertz CT molecular complexity index is 797. The van der Waals surface area contributed by atoms with E-state index < -0.39 is 0 Å². The van der Waals surface area contributed by atoms with Crippen molar-refractivity contribution < 1.29 is 9.53 Å². The Labute approximate surface area is 151 Å². The molecular weight excluding hydrogens is 336 g/mol. The minimum atomic E-state index is -0.199. The first-order valence-electron chi connectivity index (χ1n) is 8.14. The number of H-pyrrole nitrogens is 1. The summed E-state index contributed by atoms with van der Waals surface area (Å²) in [5, 5.41) is 0.672. The SMILES string of the molecule is O=C(CCc1ccc(Cc2c[nH]cn2)cc1)OCc1ccc(Cl)cc1. The second-order valence-corrected chi connectivity index (χ2v) is 6.28. The topological polar surface area (TPSA) is 55.0 Å². The normalized spacial score (nSPS) is 10.6. The van der Waals surface area contributed by atoms with Crippen LogP contribution in [0.5, 0.6) is 0 Å². The summed E-state index contributed by atoms with van der Waals surface area (Å²) in [6.07, 6.45) is 5.41. The van der Waals surface area contributed by atoms with Crippen LogP contribution in [0.15, 0.2) is 61.1 Å². The van der Waals surface area contributed by atoms with E-state index in [0.717, 1.165) is 23.2 Å². The van der Waals surface area contributed by atoms with Gasteiger partial charge >= 0.3 is 5.97 Å². The number of aromatic amines is 1. The van der Waals surface area contributed by atoms with Crippen LogP contribution in [0.1, 0.15) is 28.8 Å². The highest BCUT2D eigenvalue weighted by Crippen LogP contribution is 2.12. The predicted octanol–water partition coefficient (Wildman–Crippen LogP) is 4.33. The summed E-state index contributed by atoms with van der Waals surface area (Å²) in [5.41, 5.74) is 4.26. The summed E-state index contributed by atoms with van der Waals surface area (Å²) in [4.78, 5) is 19.0. The molecule has 0 saturated heterocycles. The number of nitrogens with zero attached hydrogens (tertiary/aromatic N) is 1. The molecule has 0 aliphatic heterocycles. The van der Waals surface area contributed by atoms with Gasteiger partial charge in [-0.3, -0.25) is 4.79 Å². The lowest BCUT2D eigenvalue weighted by Crippen LogP contribution is -2.06. The maximum Gasteiger partial charge on any atom is 0.306 e. The summed E-state index contributed by atoms with van der Waals surface area (Å²) < 4.78 is 5.29. The van der Waals surface area contributed by atoms with Crippen LogP contribution in [0.25, 0.3) is 0 Å². The Kier molecular flexibility index (Phi) is 5.86. The molecule has 3 rings (SSSR count). The number of aromatic nitrogens is 2. The number of rotatable bonds is 7. The van der Waals surface area contributed by atoms with Gasteiger partial charge in [0.15, 0.2) is 0 Å². The molecule has 0 unspecified atom stereocenters. The zero-order chi connectivity index (χ0) is 17.5. The van der Waals surface area contributed by atoms with Crippen molar-refractivity contribution in [3.63, 3.8) is 0 Å². The highest BCUT2D eigenvalue weighted by molar-refractivity contribution is 6.30. The van der Waals surface area contributed by atoms with Gasteiger partial charge in [0.2, 0.25) is 0 Å². The minimum absolute atomic E-state index is 0.199. The van der Waals surface area contributed by atoms with Gasteiger partial charge in [-0.15, -0.1) is 0 Å². The summed E-state index contributed by atoms with van der Waals surface area (Å²) in [6, 6.07) is 15.5. The Morgan fingerprint density at radius 3 is 2.36 bits per heavy atom. The van der Waals surface area contributed by atoms with E-state index in [1.54, 1.807) is 18.5 Å². The molecular formula is C20H19ClN2O2. The van der Waals surface area contributed by atoms with Crippen molar-refractivity contribution in [3.8, 4) is 0 Å². The summed E-state index contributed by atoms with van der Waals surface area (Å²) >= 11 is 5.83. The number of esters is 1. The quantitative estimate of drug-likeness (QED) is 0.642. The molecule has 1 aromatic heterocycles. The maximum absolute atomic E-state index is 11.9. The molecule has 0 aliphatic rings. The standard InChI is InChI=1S/C20H19ClN2O2/c21-18-8-5-17(6-9-18)13-25-20(24)10-7-15-1-3-16(4-2-15)11-19-12-22-14-23-19/h1-6,8-9,12,14H,7,10-11,13H2,(H,22,23). The number of halogens is 1. The number of nitrogens with one attached hydrogen (secondary N) is 1. The summed E-state index contributed by atoms with van der Waals surface area (Å²) in [5.74, 6) is -0.199. The largest absolute Gasteiger partial charge is 0.461 e. The van der Waals surface area contributed by atoms with Crippen LogP contribution in [0.2, 0.25) is 5.02 Å². The van der Waals surface area contributed by atoms with Crippen molar-refractivity contribution in [1.29, 1.82) is 0 Å². The number of ether oxygens (including phenoxy) is 1. The minimum Gasteiger partial charge on any atom is -0.461 e. The smallest absolute Gasteiger partial charge is 0.306 e. The Morgan fingerprint density at radius 2 is 1.68 bits per heavy atom. The molecule has 1 heterocycles. The molecule has 0 fully saturated rings. The molecule has 0 bridgehead atoms. The van der Waals surface area contributed by atoms with Gasteiger partial charge in [0, 0.05) is 24.1 Å². The van der Waals surface area contributed by atoms with Gasteiger partial charge in [-0.2, -0.15) is 0 Å². The van der Waals surface area contributed by atoms with Crippen LogP contribution in [-0.2, 0) is 29.0 Å². The molecule has 0 amide bonds. The fourth-order valence-corrected chi connectivity index (χ4v) is 2.61. The average molecular weight is 355 g/mol. The van der Waals surface area contributed by atoms with Crippen LogP contribution >= 0.6 is 11.6 Å². The monoisotopic (exact) mass is 354 g/mol. The summed E-state index contributed by atoms with van der Waals surface area (Å²) in [6.45, 7) is 0.276. The first-order valence-corrected chi connectivity index (χ1v) is 8.52. The fourth-order valence-electron chi connectivity index (χ4n) is 2.48. The Balaban J connectivity index is 1.43. The predicted molar refractivity (Wildman–Crippen MR) is 97.4 cm³/mol. The van der Waals surface area contributed by atoms with Crippen LogP contribution in [0.4, 0.5) is 0 Å². The molecule has 3 aromatic rings. The molecule has 2 aromatic carbocycles. The Morgan fingerprint density at radius 1 is 1.00 bits per heavy atom. The van der Waals surface area contributed by atoms with Gasteiger partial charge in [0.25, 0.3) is 0 Å². The maximum atomic E-state index is 11.9. The molecule has 128 valence electrons. The van der Waals surface area contributed by atoms with Gasteiger partial charge in [-0.1, -0.05) is 48.0 Å². The van der Waals surface area contributed by atoms with Gasteiger partial charge in [-0.25, -0.2) is 4.98 Å². The van der Waals surface area contributed by atoms with Crippen molar-refractivity contribution in [1.82, 2.24) is 9.97 Å². The van der Waals surface area contributed by atoms with Crippen molar-refractivity contribution >= 4 is 17.6 Å². The third kappa shape index (κ3) is 5.47. The van der Waals surface area contributed by atoms with E-state index in [4.69, 9.17) is 16.3 Å². The molecule has 0 radical (unpaired) electrons. The molecule has 0 aliphatic carbocycles. The zero-order valence-corrected chi connectivity index (χ0v) is 14.5. The number of hydrogen-bond acceptors (Lipinski definition) is 3. The molecule has 0 atom stereocenters. The number of hydrogen-bond donors (Lipinski definition) is 1. The van der Waals surface area contributed by atoms with E-state index in [2.05, 4.69) is 34.2 Å². The van der Waals surface area contributed by atoms with Crippen LogP contribution in [-0.4, -0.2) is 15.9 Å². The summed E-state index contributed by atoms with van der Waals surface area (Å²) in [7, 11) is 0. The highest BCUT2D eigenvalue weighted by atomic mass is 35.5. The average Bonchev–Trinajstić information content (AvgIpc) is 3.14. The van der Waals surface area contributed by atoms with Crippen molar-refractivity contribution in [2.45, 2.75) is 25.9 Å². The number of carbonyl (C=O) groups excluding carboxylic acids is 1. The van der Waals surface area contributed by atoms with Gasteiger partial charge in [0.1, 0.15) is 6.61 Å². The molecule has 0 spiro atoms. The Hall–Kier alpha value is -2.59. The molecule has 1 N–H and O–H groups in total. The number of carbonyl (C=O) groups is 1. The third-order valence-corrected chi connectivity index (χ3v) is 4.15. The van der Waals surface area contributed by atoms with E-state index in [0.29, 0.717) is 17.9 Å². The lowest BCUT2D eigenvalue weighted by Gasteiger charge is -2.06. The van der Waals surface area contributed by atoms with E-state index in [1.165, 1.54) is 5.56 Å². The van der Waals surface area contributed by atoms with Gasteiger partial charge < -0.3 is 9.72 Å². The van der Waals surface area contributed by atoms with Crippen LogP contribution < -0.4 is 0 Å². The second kappa shape index (κ2) is 8.49. The molecule has 25 heavy (non-hydrogen) atoms. The van der Waals surface area contributed by atoms with E-state index in [-0.39, 0.29) is 12.6 Å². The zero-order valence-electron chi connectivity index (χ0n) is 13.7. The molecule has 4 nitrogen and oxygen atoms in total. The highest BCUT2D eigenvalue weighted by Gasteiger charge is 2.05. The lowest BCUT2D eigenvalue weighted by atomic mass is 10.0. The van der Waals surface area contributed by atoms with Crippen molar-refractivity contribution in [3.05, 3.63) is 88.5 Å². The van der Waals surface area contributed by atoms with E-state index in [9.17, 15) is 4.79 Å². The van der Waals surface area contributed by atoms with Crippen molar-refractivity contribution in [2.24, 2.45) is 0 Å². The number of benzene rings is 2. The third-order valence-electron chi connectivity index (χ3n) is 3.89. The van der Waals surface area contributed by atoms with Gasteiger partial charge in [-0.05, 0) is 35.2 Å². The van der Waals surface area contributed by atoms with Gasteiger partial charge in [0.05, 0.1) is 12.0 Å². The first kappa shape index (κ1) is 17.2. The van der Waals surface area contributed by atoms with Crippen LogP contribution in [0.3, 0.4) is 0 Å². The number of imidazole rings is 1. The molecule has 5 heteroatoms. The number of aryl methyl sites for hydroxylation is 1. The van der Waals surface area contributed by atoms with Crippen LogP contribution in [0, 0.1) is 0 Å². The second-order valence-electron chi connectivity index (χ2n) is 5.84. The lowest BCUT2D eigenvalue weighted by molar-refractivity contribution is -0.144. The molecule has 0 saturated carbocycles.